The molecule has 0 aromatic carbocycles. The van der Waals surface area contributed by atoms with Crippen LogP contribution in [0.1, 0.15) is 27.7 Å². The fraction of sp³-hybridized carbons (Fsp3) is 0.647. The Morgan fingerprint density at radius 2 is 1.78 bits per heavy atom. The smallest absolute Gasteiger partial charge is 0.408 e. The summed E-state index contributed by atoms with van der Waals surface area (Å²) in [5.74, 6) is 2.20. The molecule has 2 atom stereocenters. The van der Waals surface area contributed by atoms with Gasteiger partial charge in [0.15, 0.2) is 0 Å². The number of methoxy groups -OCH3 is 1. The van der Waals surface area contributed by atoms with Crippen molar-refractivity contribution in [1.82, 2.24) is 5.32 Å². The number of hydrogen-bond donors (Lipinski definition) is 1. The molecule has 0 unspecified atom stereocenters. The van der Waals surface area contributed by atoms with Crippen LogP contribution in [0, 0.1) is 17.4 Å². The highest BCUT2D eigenvalue weighted by Crippen LogP contribution is 2.11. The number of nitrogens with one attached hydrogen (secondary N) is 1. The van der Waals surface area contributed by atoms with Crippen molar-refractivity contribution in [3.05, 3.63) is 12.2 Å². The number of amides is 1. The van der Waals surface area contributed by atoms with Crippen molar-refractivity contribution in [3.8, 4) is 11.5 Å². The molecule has 0 spiro atoms. The molecule has 0 heterocycles. The Bertz CT molecular complexity index is 503. The number of rotatable bonds is 4. The van der Waals surface area contributed by atoms with Crippen molar-refractivity contribution in [2.45, 2.75) is 59.0 Å². The largest absolute Gasteiger partial charge is 0.467 e. The summed E-state index contributed by atoms with van der Waals surface area (Å²) in [4.78, 5) is 23.8. The van der Waals surface area contributed by atoms with Crippen molar-refractivity contribution >= 4 is 20.1 Å². The van der Waals surface area contributed by atoms with Crippen molar-refractivity contribution in [2.24, 2.45) is 5.92 Å². The van der Waals surface area contributed by atoms with Gasteiger partial charge in [0.1, 0.15) is 19.7 Å². The van der Waals surface area contributed by atoms with E-state index in [0.29, 0.717) is 0 Å². The molecule has 0 bridgehead atoms. The number of esters is 1. The Balaban J connectivity index is 4.96. The molecule has 0 saturated heterocycles. The van der Waals surface area contributed by atoms with Crippen molar-refractivity contribution in [1.29, 1.82) is 0 Å². The number of alkyl carbamates (subject to hydrolysis) is 1. The van der Waals surface area contributed by atoms with E-state index in [2.05, 4.69) is 36.4 Å². The van der Waals surface area contributed by atoms with Gasteiger partial charge >= 0.3 is 12.1 Å². The van der Waals surface area contributed by atoms with Gasteiger partial charge in [-0.25, -0.2) is 9.59 Å². The maximum absolute atomic E-state index is 11.9. The van der Waals surface area contributed by atoms with Crippen LogP contribution in [0.2, 0.25) is 19.6 Å². The molecule has 5 nitrogen and oxygen atoms in total. The van der Waals surface area contributed by atoms with Crippen LogP contribution in [0.5, 0.6) is 0 Å². The van der Waals surface area contributed by atoms with Crippen LogP contribution in [0.3, 0.4) is 0 Å². The fourth-order valence-electron chi connectivity index (χ4n) is 1.54. The average Bonchev–Trinajstić information content (AvgIpc) is 2.36. The molecule has 0 aromatic heterocycles. The summed E-state index contributed by atoms with van der Waals surface area (Å²) in [7, 11) is -0.147. The topological polar surface area (TPSA) is 64.6 Å². The highest BCUT2D eigenvalue weighted by Gasteiger charge is 2.28. The third-order valence-electron chi connectivity index (χ3n) is 2.58. The molecule has 0 radical (unpaired) electrons. The SMILES string of the molecule is COC(=O)[C@@H](NC(=O)OC(C)(C)C)[C@H](C)/C=C/C#C[Si](C)(C)C. The van der Waals surface area contributed by atoms with Gasteiger partial charge in [0.05, 0.1) is 7.11 Å². The Kier molecular flexibility index (Phi) is 8.11. The maximum atomic E-state index is 11.9. The predicted molar refractivity (Wildman–Crippen MR) is 94.6 cm³/mol. The highest BCUT2D eigenvalue weighted by molar-refractivity contribution is 6.83. The average molecular weight is 340 g/mol. The number of carbonyl (C=O) groups excluding carboxylic acids is 2. The van der Waals surface area contributed by atoms with Crippen molar-refractivity contribution < 1.29 is 19.1 Å². The van der Waals surface area contributed by atoms with E-state index >= 15 is 0 Å². The first kappa shape index (κ1) is 21.3. The molecule has 0 aliphatic rings. The summed E-state index contributed by atoms with van der Waals surface area (Å²) in [5.41, 5.74) is 2.57. The lowest BCUT2D eigenvalue weighted by Gasteiger charge is -2.24. The molecule has 0 fully saturated rings. The molecule has 0 saturated carbocycles. The van der Waals surface area contributed by atoms with Crippen LogP contribution >= 0.6 is 0 Å². The van der Waals surface area contributed by atoms with Gasteiger partial charge < -0.3 is 14.8 Å². The second-order valence-corrected chi connectivity index (χ2v) is 12.1. The number of hydrogen-bond acceptors (Lipinski definition) is 4. The molecule has 0 aliphatic carbocycles. The van der Waals surface area contributed by atoms with Gasteiger partial charge in [-0.2, -0.15) is 0 Å². The summed E-state index contributed by atoms with van der Waals surface area (Å²) >= 11 is 0. The summed E-state index contributed by atoms with van der Waals surface area (Å²) in [6.45, 7) is 13.5. The minimum Gasteiger partial charge on any atom is -0.467 e. The molecule has 0 rings (SSSR count). The lowest BCUT2D eigenvalue weighted by atomic mass is 10.0. The second-order valence-electron chi connectivity index (χ2n) is 7.38. The van der Waals surface area contributed by atoms with Crippen LogP contribution in [-0.4, -0.2) is 38.9 Å². The van der Waals surface area contributed by atoms with Gasteiger partial charge in [-0.15, -0.1) is 5.54 Å². The van der Waals surface area contributed by atoms with E-state index in [1.807, 2.05) is 6.92 Å². The van der Waals surface area contributed by atoms with E-state index in [1.165, 1.54) is 7.11 Å². The Morgan fingerprint density at radius 3 is 2.22 bits per heavy atom. The Morgan fingerprint density at radius 1 is 1.22 bits per heavy atom. The van der Waals surface area contributed by atoms with E-state index in [-0.39, 0.29) is 5.92 Å². The second kappa shape index (κ2) is 8.78. The lowest BCUT2D eigenvalue weighted by molar-refractivity contribution is -0.144. The maximum Gasteiger partial charge on any atom is 0.408 e. The summed E-state index contributed by atoms with van der Waals surface area (Å²) < 4.78 is 9.93. The quantitative estimate of drug-likeness (QED) is 0.485. The molecule has 23 heavy (non-hydrogen) atoms. The first-order valence-electron chi connectivity index (χ1n) is 7.62. The van der Waals surface area contributed by atoms with Gasteiger partial charge in [-0.05, 0) is 26.8 Å². The molecule has 0 aliphatic heterocycles. The van der Waals surface area contributed by atoms with Crippen LogP contribution in [0.4, 0.5) is 4.79 Å². The van der Waals surface area contributed by atoms with Crippen LogP contribution in [0.25, 0.3) is 0 Å². The molecular weight excluding hydrogens is 310 g/mol. The van der Waals surface area contributed by atoms with Crippen LogP contribution < -0.4 is 5.32 Å². The minimum atomic E-state index is -1.43. The van der Waals surface area contributed by atoms with Gasteiger partial charge in [0.2, 0.25) is 0 Å². The molecule has 6 heteroatoms. The fourth-order valence-corrected chi connectivity index (χ4v) is 2.05. The van der Waals surface area contributed by atoms with E-state index in [4.69, 9.17) is 9.47 Å². The molecule has 1 amide bonds. The predicted octanol–water partition coefficient (Wildman–Crippen LogP) is 3.13. The Labute approximate surface area is 140 Å². The zero-order valence-electron chi connectivity index (χ0n) is 15.4. The normalized spacial score (nSPS) is 14.4. The van der Waals surface area contributed by atoms with Crippen LogP contribution in [0.15, 0.2) is 12.2 Å². The Hall–Kier alpha value is -1.74. The number of carbonyl (C=O) groups is 2. The number of allylic oxidation sites excluding steroid dienone is 1. The monoisotopic (exact) mass is 339 g/mol. The number of ether oxygens (including phenoxy) is 2. The minimum absolute atomic E-state index is 0.272. The standard InChI is InChI=1S/C17H29NO4Si/c1-13(11-9-10-12-23(6,7)8)14(15(19)21-5)18-16(20)22-17(2,3)4/h9,11,13-14H,1-8H3,(H,18,20)/b11-9+/t13-,14+/m1/s1. The van der Waals surface area contributed by atoms with Crippen molar-refractivity contribution in [2.75, 3.05) is 7.11 Å². The summed E-state index contributed by atoms with van der Waals surface area (Å²) in [6, 6.07) is -0.820. The zero-order chi connectivity index (χ0) is 18.3. The third kappa shape index (κ3) is 10.6. The summed E-state index contributed by atoms with van der Waals surface area (Å²) in [6.07, 6.45) is 2.85. The molecular formula is C17H29NO4Si. The van der Waals surface area contributed by atoms with Crippen LogP contribution in [-0.2, 0) is 14.3 Å². The van der Waals surface area contributed by atoms with Gasteiger partial charge in [0.25, 0.3) is 0 Å². The van der Waals surface area contributed by atoms with E-state index in [0.717, 1.165) is 0 Å². The molecule has 0 aromatic rings. The van der Waals surface area contributed by atoms with Gasteiger partial charge in [0, 0.05) is 5.92 Å². The highest BCUT2D eigenvalue weighted by atomic mass is 28.3. The summed E-state index contributed by atoms with van der Waals surface area (Å²) in [5, 5.41) is 2.55. The lowest BCUT2D eigenvalue weighted by Crippen LogP contribution is -2.47. The van der Waals surface area contributed by atoms with Crippen molar-refractivity contribution in [3.63, 3.8) is 0 Å². The molecule has 130 valence electrons. The zero-order valence-corrected chi connectivity index (χ0v) is 16.4. The van der Waals surface area contributed by atoms with Gasteiger partial charge in [-0.3, -0.25) is 0 Å². The molecule has 1 N–H and O–H groups in total. The first-order valence-corrected chi connectivity index (χ1v) is 11.1. The van der Waals surface area contributed by atoms with Gasteiger partial charge in [-0.1, -0.05) is 38.6 Å². The third-order valence-corrected chi connectivity index (χ3v) is 3.48. The van der Waals surface area contributed by atoms with E-state index < -0.39 is 31.8 Å². The van der Waals surface area contributed by atoms with E-state index in [1.54, 1.807) is 32.9 Å². The van der Waals surface area contributed by atoms with E-state index in [9.17, 15) is 9.59 Å². The first-order chi connectivity index (χ1) is 10.4.